The van der Waals surface area contributed by atoms with Crippen LogP contribution in [0.15, 0.2) is 59.5 Å². The third kappa shape index (κ3) is 3.92. The van der Waals surface area contributed by atoms with Crippen LogP contribution in [0.5, 0.6) is 0 Å². The molecule has 1 amide bonds. The van der Waals surface area contributed by atoms with E-state index in [4.69, 9.17) is 4.52 Å². The van der Waals surface area contributed by atoms with Crippen LogP contribution in [-0.2, 0) is 7.05 Å². The van der Waals surface area contributed by atoms with Gasteiger partial charge in [-0.3, -0.25) is 13.9 Å². The van der Waals surface area contributed by atoms with Gasteiger partial charge in [-0.25, -0.2) is 13.8 Å². The van der Waals surface area contributed by atoms with E-state index in [1.807, 2.05) is 50.6 Å². The molecule has 0 unspecified atom stereocenters. The quantitative estimate of drug-likeness (QED) is 0.378. The van der Waals surface area contributed by atoms with Gasteiger partial charge in [0, 0.05) is 55.0 Å². The summed E-state index contributed by atoms with van der Waals surface area (Å²) in [4.78, 5) is 21.9. The van der Waals surface area contributed by atoms with E-state index in [0.717, 1.165) is 16.8 Å². The van der Waals surface area contributed by atoms with E-state index < -0.39 is 11.8 Å². The Hall–Kier alpha value is -4.41. The summed E-state index contributed by atoms with van der Waals surface area (Å²) in [5.74, 6) is -2.96. The molecule has 1 aromatic carbocycles. The molecule has 0 aliphatic heterocycles. The van der Waals surface area contributed by atoms with Gasteiger partial charge in [0.15, 0.2) is 0 Å². The maximum atomic E-state index is 13.2. The summed E-state index contributed by atoms with van der Waals surface area (Å²) in [5.41, 5.74) is 4.63. The summed E-state index contributed by atoms with van der Waals surface area (Å²) in [5, 5.41) is 11.3. The molecule has 0 radical (unpaired) electrons. The summed E-state index contributed by atoms with van der Waals surface area (Å²) in [7, 11) is 1.84. The van der Waals surface area contributed by atoms with Crippen molar-refractivity contribution < 1.29 is 18.1 Å². The zero-order valence-electron chi connectivity index (χ0n) is 19.4. The summed E-state index contributed by atoms with van der Waals surface area (Å²) in [6.07, 6.45) is 4.63. The van der Waals surface area contributed by atoms with E-state index in [1.165, 1.54) is 6.20 Å². The number of carbonyl (C=O) groups is 1. The molecule has 4 heterocycles. The Morgan fingerprint density at radius 3 is 2.72 bits per heavy atom. The number of anilines is 1. The summed E-state index contributed by atoms with van der Waals surface area (Å²) >= 11 is 0. The van der Waals surface area contributed by atoms with Crippen LogP contribution in [0.3, 0.4) is 0 Å². The number of imidazole rings is 1. The molecule has 9 nitrogen and oxygen atoms in total. The number of alkyl halides is 2. The van der Waals surface area contributed by atoms with Crippen LogP contribution in [0.2, 0.25) is 0 Å². The van der Waals surface area contributed by atoms with Gasteiger partial charge in [0.2, 0.25) is 17.6 Å². The molecule has 0 spiro atoms. The average Bonchev–Trinajstić information content (AvgIpc) is 3.58. The van der Waals surface area contributed by atoms with Crippen molar-refractivity contribution in [1.29, 1.82) is 0 Å². The third-order valence-corrected chi connectivity index (χ3v) is 6.37. The van der Waals surface area contributed by atoms with E-state index in [9.17, 15) is 13.6 Å². The molecule has 1 N–H and O–H groups in total. The number of hydrogen-bond donors (Lipinski definition) is 1. The molecular formula is C25H21F2N7O2. The van der Waals surface area contributed by atoms with Crippen LogP contribution in [0.25, 0.3) is 28.3 Å². The normalized spacial score (nSPS) is 15.2. The number of hydrogen-bond acceptors (Lipinski definition) is 6. The highest BCUT2D eigenvalue weighted by Crippen LogP contribution is 2.48. The number of halogens is 2. The van der Waals surface area contributed by atoms with Crippen molar-refractivity contribution >= 4 is 17.2 Å². The fourth-order valence-electron chi connectivity index (χ4n) is 4.31. The lowest BCUT2D eigenvalue weighted by molar-refractivity contribution is -0.0925. The minimum absolute atomic E-state index is 0.205. The second-order valence-electron chi connectivity index (χ2n) is 9.07. The summed E-state index contributed by atoms with van der Waals surface area (Å²) in [6.45, 7) is 1.87. The van der Waals surface area contributed by atoms with E-state index in [-0.39, 0.29) is 30.5 Å². The van der Waals surface area contributed by atoms with Crippen LogP contribution < -0.4 is 5.32 Å². The van der Waals surface area contributed by atoms with Crippen molar-refractivity contribution in [2.45, 2.75) is 31.6 Å². The third-order valence-electron chi connectivity index (χ3n) is 6.37. The molecule has 1 aliphatic carbocycles. The molecule has 5 aromatic rings. The highest BCUT2D eigenvalue weighted by Gasteiger charge is 2.48. The molecule has 0 bridgehead atoms. The number of carbonyl (C=O) groups excluding carboxylic acids is 1. The van der Waals surface area contributed by atoms with Crippen LogP contribution in [0.1, 0.15) is 40.7 Å². The van der Waals surface area contributed by atoms with Gasteiger partial charge in [0.1, 0.15) is 11.3 Å². The first-order chi connectivity index (χ1) is 17.3. The lowest BCUT2D eigenvalue weighted by Gasteiger charge is -2.31. The van der Waals surface area contributed by atoms with E-state index in [2.05, 4.69) is 25.5 Å². The zero-order valence-corrected chi connectivity index (χ0v) is 19.4. The van der Waals surface area contributed by atoms with Crippen molar-refractivity contribution in [2.24, 2.45) is 7.05 Å². The molecular weight excluding hydrogens is 468 g/mol. The van der Waals surface area contributed by atoms with E-state index in [1.54, 1.807) is 21.2 Å². The van der Waals surface area contributed by atoms with Crippen molar-refractivity contribution in [3.05, 3.63) is 72.1 Å². The number of amides is 1. The summed E-state index contributed by atoms with van der Waals surface area (Å²) < 4.78 is 35.1. The Balaban J connectivity index is 1.26. The average molecular weight is 489 g/mol. The number of fused-ring (bicyclic) bond motifs is 1. The molecule has 0 atom stereocenters. The van der Waals surface area contributed by atoms with Gasteiger partial charge in [0.25, 0.3) is 5.91 Å². The van der Waals surface area contributed by atoms with Crippen LogP contribution >= 0.6 is 0 Å². The number of nitrogens with zero attached hydrogens (tertiary/aromatic N) is 6. The first kappa shape index (κ1) is 22.1. The molecule has 11 heteroatoms. The number of aromatic nitrogens is 6. The maximum Gasteiger partial charge on any atom is 0.274 e. The molecule has 36 heavy (non-hydrogen) atoms. The predicted octanol–water partition coefficient (Wildman–Crippen LogP) is 4.86. The minimum atomic E-state index is -2.67. The SMILES string of the molecule is Cc1ccc(-c2noc(C3CC(F)(F)C3)n2)cc1NC(=O)c1cnc2ccc(-c3ccn(C)n3)cn12. The van der Waals surface area contributed by atoms with Gasteiger partial charge in [0.05, 0.1) is 11.9 Å². The van der Waals surface area contributed by atoms with Gasteiger partial charge in [-0.05, 0) is 36.8 Å². The Kier molecular flexibility index (Phi) is 4.95. The van der Waals surface area contributed by atoms with Gasteiger partial charge in [-0.1, -0.05) is 17.3 Å². The molecule has 0 saturated heterocycles. The molecule has 6 rings (SSSR count). The van der Waals surface area contributed by atoms with Gasteiger partial charge < -0.3 is 9.84 Å². The molecule has 4 aromatic heterocycles. The highest BCUT2D eigenvalue weighted by atomic mass is 19.3. The Labute approximate surface area is 203 Å². The Morgan fingerprint density at radius 1 is 1.17 bits per heavy atom. The number of rotatable bonds is 5. The molecule has 1 fully saturated rings. The first-order valence-corrected chi connectivity index (χ1v) is 11.4. The van der Waals surface area contributed by atoms with Gasteiger partial charge in [-0.15, -0.1) is 0 Å². The zero-order chi connectivity index (χ0) is 25.0. The maximum absolute atomic E-state index is 13.2. The Bertz CT molecular complexity index is 1610. The number of nitrogens with one attached hydrogen (secondary N) is 1. The highest BCUT2D eigenvalue weighted by molar-refractivity contribution is 6.04. The molecule has 182 valence electrons. The van der Waals surface area contributed by atoms with Crippen molar-refractivity contribution in [3.8, 4) is 22.6 Å². The molecule has 1 aliphatic rings. The van der Waals surface area contributed by atoms with Crippen molar-refractivity contribution in [3.63, 3.8) is 0 Å². The molecule has 1 saturated carbocycles. The van der Waals surface area contributed by atoms with Crippen molar-refractivity contribution in [1.82, 2.24) is 29.3 Å². The standard InChI is InChI=1S/C25H21F2N7O2/c1-14-3-4-15(22-30-24(36-32-22)17-10-25(26,27)11-17)9-19(14)29-23(35)20-12-28-21-6-5-16(13-34(20)21)18-7-8-33(2)31-18/h3-9,12-13,17H,10-11H2,1-2H3,(H,29,35). The smallest absolute Gasteiger partial charge is 0.274 e. The second kappa shape index (κ2) is 8.08. The van der Waals surface area contributed by atoms with Gasteiger partial charge >= 0.3 is 0 Å². The minimum Gasteiger partial charge on any atom is -0.339 e. The summed E-state index contributed by atoms with van der Waals surface area (Å²) in [6, 6.07) is 11.0. The van der Waals surface area contributed by atoms with Crippen LogP contribution in [0.4, 0.5) is 14.5 Å². The fourth-order valence-corrected chi connectivity index (χ4v) is 4.31. The lowest BCUT2D eigenvalue weighted by atomic mass is 9.81. The fraction of sp³-hybridized carbons (Fsp3) is 0.240. The van der Waals surface area contributed by atoms with Crippen LogP contribution in [0, 0.1) is 6.92 Å². The largest absolute Gasteiger partial charge is 0.339 e. The monoisotopic (exact) mass is 489 g/mol. The van der Waals surface area contributed by atoms with E-state index >= 15 is 0 Å². The number of pyridine rings is 1. The number of benzene rings is 1. The van der Waals surface area contributed by atoms with Crippen LogP contribution in [-0.4, -0.2) is 41.1 Å². The second-order valence-corrected chi connectivity index (χ2v) is 9.07. The van der Waals surface area contributed by atoms with Crippen molar-refractivity contribution in [2.75, 3.05) is 5.32 Å². The topological polar surface area (TPSA) is 103 Å². The Morgan fingerprint density at radius 2 is 1.97 bits per heavy atom. The van der Waals surface area contributed by atoms with E-state index in [0.29, 0.717) is 22.6 Å². The van der Waals surface area contributed by atoms with Gasteiger partial charge in [-0.2, -0.15) is 10.1 Å². The predicted molar refractivity (Wildman–Crippen MR) is 127 cm³/mol. The lowest BCUT2D eigenvalue weighted by Crippen LogP contribution is -2.33. The first-order valence-electron chi connectivity index (χ1n) is 11.4. The number of aryl methyl sites for hydroxylation is 2.